The first-order valence-corrected chi connectivity index (χ1v) is 5.99. The van der Waals surface area contributed by atoms with Gasteiger partial charge in [-0.3, -0.25) is 9.59 Å². The Bertz CT molecular complexity index is 475. The van der Waals surface area contributed by atoms with Gasteiger partial charge in [-0.25, -0.2) is 4.98 Å². The third-order valence-corrected chi connectivity index (χ3v) is 2.47. The number of primary amides is 1. The van der Waals surface area contributed by atoms with Crippen molar-refractivity contribution in [1.82, 2.24) is 10.3 Å². The molecule has 0 aliphatic rings. The summed E-state index contributed by atoms with van der Waals surface area (Å²) in [6.07, 6.45) is 0.868. The van der Waals surface area contributed by atoms with Gasteiger partial charge >= 0.3 is 0 Å². The second-order valence-corrected chi connectivity index (χ2v) is 4.18. The molecule has 1 heterocycles. The molecule has 7 heteroatoms. The zero-order valence-electron chi connectivity index (χ0n) is 11.1. The Morgan fingerprint density at radius 3 is 2.68 bits per heavy atom. The van der Waals surface area contributed by atoms with Crippen molar-refractivity contribution in [2.75, 3.05) is 30.8 Å². The molecule has 104 valence electrons. The van der Waals surface area contributed by atoms with Crippen molar-refractivity contribution in [3.63, 3.8) is 0 Å². The monoisotopic (exact) mass is 265 g/mol. The van der Waals surface area contributed by atoms with E-state index in [-0.39, 0.29) is 18.1 Å². The fraction of sp³-hybridized carbons (Fsp3) is 0.417. The zero-order valence-corrected chi connectivity index (χ0v) is 11.1. The van der Waals surface area contributed by atoms with Gasteiger partial charge in [0, 0.05) is 13.6 Å². The summed E-state index contributed by atoms with van der Waals surface area (Å²) in [7, 11) is 1.68. The predicted molar refractivity (Wildman–Crippen MR) is 73.7 cm³/mol. The quantitative estimate of drug-likeness (QED) is 0.654. The van der Waals surface area contributed by atoms with Crippen molar-refractivity contribution < 1.29 is 9.59 Å². The number of nitrogen functional groups attached to an aromatic ring is 1. The van der Waals surface area contributed by atoms with E-state index in [4.69, 9.17) is 11.5 Å². The molecule has 5 N–H and O–H groups in total. The van der Waals surface area contributed by atoms with Crippen LogP contribution in [0.1, 0.15) is 23.8 Å². The normalized spacial score (nSPS) is 10.0. The molecule has 0 fully saturated rings. The number of nitrogens with zero attached hydrogens (tertiary/aromatic N) is 2. The first-order chi connectivity index (χ1) is 8.95. The van der Waals surface area contributed by atoms with E-state index in [9.17, 15) is 9.59 Å². The number of nitrogens with one attached hydrogen (secondary N) is 1. The van der Waals surface area contributed by atoms with Gasteiger partial charge in [0.2, 0.25) is 5.91 Å². The Morgan fingerprint density at radius 2 is 2.11 bits per heavy atom. The number of rotatable bonds is 6. The summed E-state index contributed by atoms with van der Waals surface area (Å²) in [6.45, 7) is 2.70. The van der Waals surface area contributed by atoms with Gasteiger partial charge in [0.25, 0.3) is 5.91 Å². The standard InChI is InChI=1S/C12H19N5O2/c1-3-6-15-10(18)7-17(2)12-8(13)4-5-9(16-12)11(14)19/h4-5H,3,6-7,13H2,1-2H3,(H2,14,19)(H,15,18). The number of hydrogen-bond acceptors (Lipinski definition) is 5. The molecule has 0 atom stereocenters. The SMILES string of the molecule is CCCNC(=O)CN(C)c1nc(C(N)=O)ccc1N. The van der Waals surface area contributed by atoms with Crippen LogP contribution in [0.3, 0.4) is 0 Å². The van der Waals surface area contributed by atoms with Crippen LogP contribution in [-0.4, -0.2) is 36.9 Å². The number of aromatic nitrogens is 1. The molecule has 0 bridgehead atoms. The summed E-state index contributed by atoms with van der Waals surface area (Å²) >= 11 is 0. The van der Waals surface area contributed by atoms with Crippen molar-refractivity contribution in [1.29, 1.82) is 0 Å². The lowest BCUT2D eigenvalue weighted by Gasteiger charge is -2.19. The number of carbonyl (C=O) groups excluding carboxylic acids is 2. The molecule has 2 amide bonds. The van der Waals surface area contributed by atoms with Crippen LogP contribution in [0, 0.1) is 0 Å². The Balaban J connectivity index is 2.81. The van der Waals surface area contributed by atoms with Crippen molar-refractivity contribution in [3.05, 3.63) is 17.8 Å². The molecule has 0 aromatic carbocycles. The minimum absolute atomic E-state index is 0.111. The molecule has 0 aliphatic carbocycles. The van der Waals surface area contributed by atoms with Crippen molar-refractivity contribution >= 4 is 23.3 Å². The lowest BCUT2D eigenvalue weighted by atomic mass is 10.3. The minimum Gasteiger partial charge on any atom is -0.396 e. The Labute approximate surface area is 112 Å². The van der Waals surface area contributed by atoms with Gasteiger partial charge in [0.1, 0.15) is 5.69 Å². The maximum Gasteiger partial charge on any atom is 0.267 e. The Kier molecular flexibility index (Phi) is 5.11. The molecule has 1 aromatic heterocycles. The third kappa shape index (κ3) is 4.13. The van der Waals surface area contributed by atoms with Gasteiger partial charge in [-0.15, -0.1) is 0 Å². The van der Waals surface area contributed by atoms with Gasteiger partial charge in [0.05, 0.1) is 12.2 Å². The predicted octanol–water partition coefficient (Wildman–Crippen LogP) is -0.275. The van der Waals surface area contributed by atoms with Crippen LogP contribution in [0.5, 0.6) is 0 Å². The number of hydrogen-bond donors (Lipinski definition) is 3. The van der Waals surface area contributed by atoms with Crippen LogP contribution >= 0.6 is 0 Å². The topological polar surface area (TPSA) is 114 Å². The lowest BCUT2D eigenvalue weighted by Crippen LogP contribution is -2.36. The summed E-state index contributed by atoms with van der Waals surface area (Å²) in [5, 5.41) is 2.75. The number of likely N-dealkylation sites (N-methyl/N-ethyl adjacent to an activating group) is 1. The highest BCUT2D eigenvalue weighted by molar-refractivity contribution is 5.92. The number of nitrogens with two attached hydrogens (primary N) is 2. The molecule has 0 spiro atoms. The number of amides is 2. The Hall–Kier alpha value is -2.31. The minimum atomic E-state index is -0.634. The average molecular weight is 265 g/mol. The molecular weight excluding hydrogens is 246 g/mol. The van der Waals surface area contributed by atoms with Crippen LogP contribution in [0.4, 0.5) is 11.5 Å². The van der Waals surface area contributed by atoms with E-state index in [1.165, 1.54) is 6.07 Å². The maximum absolute atomic E-state index is 11.6. The molecule has 0 unspecified atom stereocenters. The van der Waals surface area contributed by atoms with Crippen LogP contribution in [0.15, 0.2) is 12.1 Å². The average Bonchev–Trinajstić information content (AvgIpc) is 2.36. The second kappa shape index (κ2) is 6.58. The van der Waals surface area contributed by atoms with Crippen molar-refractivity contribution in [3.8, 4) is 0 Å². The highest BCUT2D eigenvalue weighted by Crippen LogP contribution is 2.19. The first-order valence-electron chi connectivity index (χ1n) is 5.99. The molecule has 1 aromatic rings. The second-order valence-electron chi connectivity index (χ2n) is 4.18. The van der Waals surface area contributed by atoms with Gasteiger partial charge in [-0.2, -0.15) is 0 Å². The van der Waals surface area contributed by atoms with Crippen LogP contribution in [0.25, 0.3) is 0 Å². The van der Waals surface area contributed by atoms with Crippen molar-refractivity contribution in [2.45, 2.75) is 13.3 Å². The number of carbonyl (C=O) groups is 2. The molecule has 19 heavy (non-hydrogen) atoms. The summed E-state index contributed by atoms with van der Waals surface area (Å²) in [5.74, 6) is -0.400. The molecule has 1 rings (SSSR count). The molecule has 0 aliphatic heterocycles. The fourth-order valence-electron chi connectivity index (χ4n) is 1.51. The number of pyridine rings is 1. The first kappa shape index (κ1) is 14.7. The lowest BCUT2D eigenvalue weighted by molar-refractivity contribution is -0.119. The van der Waals surface area contributed by atoms with Gasteiger partial charge in [-0.05, 0) is 18.6 Å². The summed E-state index contributed by atoms with van der Waals surface area (Å²) in [5.41, 5.74) is 11.4. The smallest absolute Gasteiger partial charge is 0.267 e. The molecule has 0 radical (unpaired) electrons. The van der Waals surface area contributed by atoms with E-state index in [1.807, 2.05) is 6.92 Å². The zero-order chi connectivity index (χ0) is 14.4. The van der Waals surface area contributed by atoms with Crippen molar-refractivity contribution in [2.24, 2.45) is 5.73 Å². The van der Waals surface area contributed by atoms with E-state index < -0.39 is 5.91 Å². The highest BCUT2D eigenvalue weighted by atomic mass is 16.2. The molecule has 7 nitrogen and oxygen atoms in total. The molecular formula is C12H19N5O2. The summed E-state index contributed by atoms with van der Waals surface area (Å²) in [6, 6.07) is 3.00. The van der Waals surface area contributed by atoms with Gasteiger partial charge in [-0.1, -0.05) is 6.92 Å². The molecule has 0 saturated carbocycles. The van der Waals surface area contributed by atoms with E-state index >= 15 is 0 Å². The summed E-state index contributed by atoms with van der Waals surface area (Å²) < 4.78 is 0. The largest absolute Gasteiger partial charge is 0.396 e. The van der Waals surface area contributed by atoms with E-state index in [2.05, 4.69) is 10.3 Å². The van der Waals surface area contributed by atoms with Gasteiger partial charge < -0.3 is 21.7 Å². The fourth-order valence-corrected chi connectivity index (χ4v) is 1.51. The van der Waals surface area contributed by atoms with Crippen LogP contribution in [0.2, 0.25) is 0 Å². The molecule has 0 saturated heterocycles. The van der Waals surface area contributed by atoms with Crippen LogP contribution < -0.4 is 21.7 Å². The van der Waals surface area contributed by atoms with Gasteiger partial charge in [0.15, 0.2) is 5.82 Å². The highest BCUT2D eigenvalue weighted by Gasteiger charge is 2.13. The number of anilines is 2. The maximum atomic E-state index is 11.6. The van der Waals surface area contributed by atoms with Crippen LogP contribution in [-0.2, 0) is 4.79 Å². The summed E-state index contributed by atoms with van der Waals surface area (Å²) in [4.78, 5) is 28.3. The van der Waals surface area contributed by atoms with E-state index in [1.54, 1.807) is 18.0 Å². The van der Waals surface area contributed by atoms with E-state index in [0.717, 1.165) is 6.42 Å². The third-order valence-electron chi connectivity index (χ3n) is 2.47. The van der Waals surface area contributed by atoms with E-state index in [0.29, 0.717) is 18.1 Å². The Morgan fingerprint density at radius 1 is 1.42 bits per heavy atom.